The molecule has 0 heterocycles. The molecule has 0 aliphatic heterocycles. The van der Waals surface area contributed by atoms with E-state index in [9.17, 15) is 9.90 Å². The zero-order chi connectivity index (χ0) is 13.9. The molecule has 4 nitrogen and oxygen atoms in total. The second-order valence-electron chi connectivity index (χ2n) is 5.64. The van der Waals surface area contributed by atoms with E-state index in [1.165, 1.54) is 6.92 Å². The molecule has 19 heavy (non-hydrogen) atoms. The Morgan fingerprint density at radius 1 is 1.37 bits per heavy atom. The Kier molecular flexibility index (Phi) is 3.92. The summed E-state index contributed by atoms with van der Waals surface area (Å²) >= 11 is 0. The molecule has 1 fully saturated rings. The Morgan fingerprint density at radius 2 is 2.00 bits per heavy atom. The largest absolute Gasteiger partial charge is 0.393 e. The highest BCUT2D eigenvalue weighted by Crippen LogP contribution is 2.43. The quantitative estimate of drug-likeness (QED) is 0.741. The van der Waals surface area contributed by atoms with Gasteiger partial charge in [-0.05, 0) is 25.3 Å². The maximum absolute atomic E-state index is 12.4. The number of benzene rings is 1. The lowest BCUT2D eigenvalue weighted by molar-refractivity contribution is -0.131. The van der Waals surface area contributed by atoms with Gasteiger partial charge in [-0.3, -0.25) is 4.79 Å². The van der Waals surface area contributed by atoms with Gasteiger partial charge in [0, 0.05) is 6.54 Å². The molecule has 2 rings (SSSR count). The standard InChI is InChI=1S/C15H21NO3/c1-14(19,11-17)10-16-13(18)15(8-5-9-15)12-6-3-2-4-7-12/h2-4,6-7,17,19H,5,8-11H2,1H3,(H,16,18). The summed E-state index contributed by atoms with van der Waals surface area (Å²) in [5.41, 5.74) is -0.688. The Hall–Kier alpha value is -1.39. The maximum Gasteiger partial charge on any atom is 0.230 e. The predicted octanol–water partition coefficient (Wildman–Crippen LogP) is 0.968. The summed E-state index contributed by atoms with van der Waals surface area (Å²) < 4.78 is 0. The molecule has 104 valence electrons. The molecule has 0 saturated heterocycles. The van der Waals surface area contributed by atoms with E-state index < -0.39 is 11.0 Å². The summed E-state index contributed by atoms with van der Waals surface area (Å²) in [6.45, 7) is 1.20. The third kappa shape index (κ3) is 2.80. The molecule has 3 N–H and O–H groups in total. The fraction of sp³-hybridized carbons (Fsp3) is 0.533. The van der Waals surface area contributed by atoms with Crippen molar-refractivity contribution in [1.82, 2.24) is 5.32 Å². The van der Waals surface area contributed by atoms with E-state index in [1.54, 1.807) is 0 Å². The first kappa shape index (κ1) is 14.0. The van der Waals surface area contributed by atoms with E-state index in [0.717, 1.165) is 24.8 Å². The fourth-order valence-corrected chi connectivity index (χ4v) is 2.43. The SMILES string of the molecule is CC(O)(CO)CNC(=O)C1(c2ccccc2)CCC1. The van der Waals surface area contributed by atoms with Crippen LogP contribution in [0.4, 0.5) is 0 Å². The summed E-state index contributed by atoms with van der Waals surface area (Å²) in [7, 11) is 0. The molecule has 1 aromatic rings. The van der Waals surface area contributed by atoms with Gasteiger partial charge in [-0.25, -0.2) is 0 Å². The molecule has 1 aromatic carbocycles. The van der Waals surface area contributed by atoms with E-state index in [-0.39, 0.29) is 19.1 Å². The molecule has 1 saturated carbocycles. The Labute approximate surface area is 113 Å². The van der Waals surface area contributed by atoms with E-state index in [2.05, 4.69) is 5.32 Å². The molecular formula is C15H21NO3. The Morgan fingerprint density at radius 3 is 2.47 bits per heavy atom. The first-order valence-electron chi connectivity index (χ1n) is 6.67. The highest BCUT2D eigenvalue weighted by molar-refractivity contribution is 5.89. The van der Waals surface area contributed by atoms with Crippen LogP contribution in [0, 0.1) is 0 Å². The molecule has 0 aromatic heterocycles. The van der Waals surface area contributed by atoms with Gasteiger partial charge >= 0.3 is 0 Å². The first-order chi connectivity index (χ1) is 9.00. The molecule has 1 atom stereocenters. The summed E-state index contributed by atoms with van der Waals surface area (Å²) in [6, 6.07) is 9.76. The van der Waals surface area contributed by atoms with Gasteiger partial charge < -0.3 is 15.5 Å². The van der Waals surface area contributed by atoms with Crippen molar-refractivity contribution < 1.29 is 15.0 Å². The number of carbonyl (C=O) groups is 1. The van der Waals surface area contributed by atoms with Crippen LogP contribution < -0.4 is 5.32 Å². The van der Waals surface area contributed by atoms with Crippen molar-refractivity contribution in [3.8, 4) is 0 Å². The van der Waals surface area contributed by atoms with Crippen molar-refractivity contribution in [3.63, 3.8) is 0 Å². The Balaban J connectivity index is 2.08. The van der Waals surface area contributed by atoms with Gasteiger partial charge in [-0.2, -0.15) is 0 Å². The van der Waals surface area contributed by atoms with E-state index in [4.69, 9.17) is 5.11 Å². The zero-order valence-electron chi connectivity index (χ0n) is 11.2. The first-order valence-corrected chi connectivity index (χ1v) is 6.67. The topological polar surface area (TPSA) is 69.6 Å². The number of nitrogens with one attached hydrogen (secondary N) is 1. The summed E-state index contributed by atoms with van der Waals surface area (Å²) in [4.78, 5) is 12.4. The van der Waals surface area contributed by atoms with Gasteiger partial charge in [-0.15, -0.1) is 0 Å². The maximum atomic E-state index is 12.4. The molecular weight excluding hydrogens is 242 g/mol. The van der Waals surface area contributed by atoms with Crippen LogP contribution in [-0.2, 0) is 10.2 Å². The van der Waals surface area contributed by atoms with Crippen molar-refractivity contribution in [2.45, 2.75) is 37.2 Å². The van der Waals surface area contributed by atoms with Crippen molar-refractivity contribution in [2.75, 3.05) is 13.2 Å². The van der Waals surface area contributed by atoms with E-state index in [1.807, 2.05) is 30.3 Å². The lowest BCUT2D eigenvalue weighted by atomic mass is 9.64. The fourth-order valence-electron chi connectivity index (χ4n) is 2.43. The average Bonchev–Trinajstić information content (AvgIpc) is 2.37. The number of carbonyl (C=O) groups excluding carboxylic acids is 1. The van der Waals surface area contributed by atoms with Crippen LogP contribution in [0.25, 0.3) is 0 Å². The zero-order valence-corrected chi connectivity index (χ0v) is 11.2. The minimum atomic E-state index is -1.27. The third-order valence-corrected chi connectivity index (χ3v) is 3.94. The van der Waals surface area contributed by atoms with Crippen molar-refractivity contribution >= 4 is 5.91 Å². The second kappa shape index (κ2) is 5.31. The van der Waals surface area contributed by atoms with Gasteiger partial charge in [0.1, 0.15) is 5.60 Å². The lowest BCUT2D eigenvalue weighted by Crippen LogP contribution is -2.53. The lowest BCUT2D eigenvalue weighted by Gasteiger charge is -2.41. The number of rotatable bonds is 5. The highest BCUT2D eigenvalue weighted by Gasteiger charge is 2.45. The number of hydrogen-bond acceptors (Lipinski definition) is 3. The van der Waals surface area contributed by atoms with Gasteiger partial charge in [-0.1, -0.05) is 36.8 Å². The molecule has 1 aliphatic rings. The molecule has 0 bridgehead atoms. The van der Waals surface area contributed by atoms with Crippen LogP contribution >= 0.6 is 0 Å². The minimum absolute atomic E-state index is 0.0568. The third-order valence-electron chi connectivity index (χ3n) is 3.94. The smallest absolute Gasteiger partial charge is 0.230 e. The van der Waals surface area contributed by atoms with Gasteiger partial charge in [0.25, 0.3) is 0 Å². The number of aliphatic hydroxyl groups excluding tert-OH is 1. The number of amides is 1. The summed E-state index contributed by atoms with van der Waals surface area (Å²) in [5, 5.41) is 21.5. The number of hydrogen-bond donors (Lipinski definition) is 3. The number of aliphatic hydroxyl groups is 2. The van der Waals surface area contributed by atoms with Gasteiger partial charge in [0.15, 0.2) is 0 Å². The molecule has 1 amide bonds. The van der Waals surface area contributed by atoms with Crippen molar-refractivity contribution in [1.29, 1.82) is 0 Å². The van der Waals surface area contributed by atoms with Crippen LogP contribution in [0.15, 0.2) is 30.3 Å². The van der Waals surface area contributed by atoms with Crippen LogP contribution in [0.3, 0.4) is 0 Å². The van der Waals surface area contributed by atoms with Gasteiger partial charge in [0.2, 0.25) is 5.91 Å². The summed E-state index contributed by atoms with van der Waals surface area (Å²) in [6.07, 6.45) is 2.72. The van der Waals surface area contributed by atoms with Crippen molar-refractivity contribution in [3.05, 3.63) is 35.9 Å². The van der Waals surface area contributed by atoms with Crippen LogP contribution in [0.2, 0.25) is 0 Å². The van der Waals surface area contributed by atoms with Crippen LogP contribution in [0.1, 0.15) is 31.7 Å². The van der Waals surface area contributed by atoms with E-state index in [0.29, 0.717) is 0 Å². The molecule has 4 heteroatoms. The Bertz CT molecular complexity index is 438. The summed E-state index contributed by atoms with van der Waals surface area (Å²) in [5.74, 6) is -0.0568. The predicted molar refractivity (Wildman–Crippen MR) is 72.7 cm³/mol. The molecule has 1 unspecified atom stereocenters. The molecule has 0 spiro atoms. The van der Waals surface area contributed by atoms with E-state index >= 15 is 0 Å². The normalized spacial score (nSPS) is 20.2. The molecule has 0 radical (unpaired) electrons. The highest BCUT2D eigenvalue weighted by atomic mass is 16.3. The monoisotopic (exact) mass is 263 g/mol. The average molecular weight is 263 g/mol. The second-order valence-corrected chi connectivity index (χ2v) is 5.64. The molecule has 1 aliphatic carbocycles. The van der Waals surface area contributed by atoms with Gasteiger partial charge in [0.05, 0.1) is 12.0 Å². The minimum Gasteiger partial charge on any atom is -0.393 e. The van der Waals surface area contributed by atoms with Crippen LogP contribution in [-0.4, -0.2) is 34.9 Å². The van der Waals surface area contributed by atoms with Crippen molar-refractivity contribution in [2.24, 2.45) is 0 Å². The van der Waals surface area contributed by atoms with Crippen LogP contribution in [0.5, 0.6) is 0 Å².